The van der Waals surface area contributed by atoms with Gasteiger partial charge in [0.1, 0.15) is 0 Å². The maximum Gasteiger partial charge on any atom is 0.251 e. The van der Waals surface area contributed by atoms with Crippen LogP contribution in [0.15, 0.2) is 53.9 Å². The highest BCUT2D eigenvalue weighted by Gasteiger charge is 2.48. The third-order valence-electron chi connectivity index (χ3n) is 8.67. The van der Waals surface area contributed by atoms with E-state index < -0.39 is 0 Å². The van der Waals surface area contributed by atoms with Gasteiger partial charge in [-0.15, -0.1) is 11.3 Å². The monoisotopic (exact) mass is 544 g/mol. The first-order valence-electron chi connectivity index (χ1n) is 14.0. The van der Waals surface area contributed by atoms with Gasteiger partial charge in [0.25, 0.3) is 5.91 Å². The smallest absolute Gasteiger partial charge is 0.251 e. The number of amides is 2. The number of benzene rings is 2. The minimum absolute atomic E-state index is 0.0373. The van der Waals surface area contributed by atoms with Crippen molar-refractivity contribution in [3.05, 3.63) is 70.0 Å². The topological polar surface area (TPSA) is 83.6 Å². The van der Waals surface area contributed by atoms with E-state index in [9.17, 15) is 9.59 Å². The molecule has 1 aliphatic carbocycles. The molecule has 0 bridgehead atoms. The van der Waals surface area contributed by atoms with E-state index in [0.29, 0.717) is 18.1 Å². The van der Waals surface area contributed by atoms with E-state index in [4.69, 9.17) is 4.74 Å². The summed E-state index contributed by atoms with van der Waals surface area (Å²) in [5, 5.41) is 9.95. The van der Waals surface area contributed by atoms with Gasteiger partial charge in [0.2, 0.25) is 5.91 Å². The van der Waals surface area contributed by atoms with Gasteiger partial charge in [-0.25, -0.2) is 4.98 Å². The maximum absolute atomic E-state index is 14.2. The largest absolute Gasteiger partial charge is 0.383 e. The summed E-state index contributed by atoms with van der Waals surface area (Å²) in [6.07, 6.45) is 4.61. The number of thiazole rings is 1. The van der Waals surface area contributed by atoms with Crippen LogP contribution in [0.4, 0.5) is 5.69 Å². The number of para-hydroxylation sites is 1. The highest BCUT2D eigenvalue weighted by atomic mass is 32.1. The Morgan fingerprint density at radius 2 is 1.90 bits per heavy atom. The summed E-state index contributed by atoms with van der Waals surface area (Å²) in [4.78, 5) is 34.1. The third kappa shape index (κ3) is 5.08. The molecule has 2 aromatic carbocycles. The van der Waals surface area contributed by atoms with Gasteiger partial charge in [0.15, 0.2) is 0 Å². The van der Waals surface area contributed by atoms with E-state index in [1.165, 1.54) is 5.56 Å². The normalized spacial score (nSPS) is 25.9. The number of aromatic nitrogens is 1. The fourth-order valence-electron chi connectivity index (χ4n) is 6.77. The second kappa shape index (κ2) is 11.1. The molecule has 0 unspecified atom stereocenters. The van der Waals surface area contributed by atoms with Crippen LogP contribution in [-0.4, -0.2) is 54.0 Å². The summed E-state index contributed by atoms with van der Waals surface area (Å²) < 4.78 is 5.54. The molecule has 0 radical (unpaired) electrons. The van der Waals surface area contributed by atoms with Crippen molar-refractivity contribution in [2.24, 2.45) is 11.8 Å². The Balaban J connectivity index is 1.19. The lowest BCUT2D eigenvalue weighted by molar-refractivity contribution is -0.139. The fraction of sp³-hybridized carbons (Fsp3) is 0.452. The molecule has 1 aromatic heterocycles. The van der Waals surface area contributed by atoms with Crippen molar-refractivity contribution in [1.29, 1.82) is 0 Å². The second-order valence-corrected chi connectivity index (χ2v) is 12.1. The molecular weight excluding hydrogens is 508 g/mol. The number of aryl methyl sites for hydroxylation is 1. The van der Waals surface area contributed by atoms with E-state index >= 15 is 0 Å². The van der Waals surface area contributed by atoms with Crippen molar-refractivity contribution >= 4 is 28.8 Å². The summed E-state index contributed by atoms with van der Waals surface area (Å²) in [5.41, 5.74) is 4.81. The lowest BCUT2D eigenvalue weighted by Gasteiger charge is -2.41. The number of likely N-dealkylation sites (tertiary alicyclic amines) is 1. The Kier molecular flexibility index (Phi) is 7.40. The first-order chi connectivity index (χ1) is 19.0. The van der Waals surface area contributed by atoms with Crippen LogP contribution in [0.3, 0.4) is 0 Å². The zero-order valence-corrected chi connectivity index (χ0v) is 23.4. The predicted molar refractivity (Wildman–Crippen MR) is 154 cm³/mol. The molecule has 2 fully saturated rings. The van der Waals surface area contributed by atoms with Crippen LogP contribution in [0.25, 0.3) is 11.3 Å². The van der Waals surface area contributed by atoms with Crippen LogP contribution in [0.5, 0.6) is 0 Å². The molecule has 1 saturated carbocycles. The van der Waals surface area contributed by atoms with Crippen LogP contribution in [0.2, 0.25) is 0 Å². The molecule has 7 nitrogen and oxygen atoms in total. The van der Waals surface area contributed by atoms with E-state index in [0.717, 1.165) is 60.6 Å². The highest BCUT2D eigenvalue weighted by molar-refractivity contribution is 7.09. The van der Waals surface area contributed by atoms with Crippen LogP contribution < -0.4 is 10.6 Å². The standard InChI is InChI=1S/C31H36N4O3S/c1-19-32-28(18-39-19)20-11-13-21(14-12-20)30(36)34-26-10-6-4-8-24(26)31(37)35-16-15-23-27(17-38-2)33-25-9-5-3-7-22(25)29(23)35/h3,5,7,9,11-14,18,23-24,26-27,29,33H,4,6,8,10,15-17H2,1-2H3,(H,34,36)/t23-,24-,26+,27-,29-/m0/s1. The number of carbonyl (C=O) groups is 2. The molecule has 3 aromatic rings. The van der Waals surface area contributed by atoms with Gasteiger partial charge < -0.3 is 20.3 Å². The van der Waals surface area contributed by atoms with Crippen molar-refractivity contribution in [2.75, 3.05) is 25.6 Å². The Labute approximate surface area is 234 Å². The number of nitrogens with one attached hydrogen (secondary N) is 2. The molecule has 8 heteroatoms. The zero-order valence-electron chi connectivity index (χ0n) is 22.6. The van der Waals surface area contributed by atoms with Gasteiger partial charge in [0, 0.05) is 47.8 Å². The number of rotatable bonds is 6. The number of carbonyl (C=O) groups excluding carboxylic acids is 2. The van der Waals surface area contributed by atoms with Gasteiger partial charge in [0.05, 0.1) is 35.3 Å². The van der Waals surface area contributed by atoms with E-state index in [1.54, 1.807) is 18.4 Å². The molecule has 5 atom stereocenters. The number of fused-ring (bicyclic) bond motifs is 3. The third-order valence-corrected chi connectivity index (χ3v) is 9.45. The molecule has 6 rings (SSSR count). The number of hydrogen-bond acceptors (Lipinski definition) is 6. The Hall–Kier alpha value is -3.23. The van der Waals surface area contributed by atoms with E-state index in [1.807, 2.05) is 42.6 Å². The maximum atomic E-state index is 14.2. The van der Waals surface area contributed by atoms with Gasteiger partial charge in [-0.3, -0.25) is 9.59 Å². The van der Waals surface area contributed by atoms with E-state index in [-0.39, 0.29) is 35.9 Å². The van der Waals surface area contributed by atoms with Crippen molar-refractivity contribution in [2.45, 2.75) is 57.2 Å². The number of anilines is 1. The van der Waals surface area contributed by atoms with Crippen LogP contribution >= 0.6 is 11.3 Å². The summed E-state index contributed by atoms with van der Waals surface area (Å²) in [7, 11) is 1.73. The molecule has 0 spiro atoms. The van der Waals surface area contributed by atoms with Crippen molar-refractivity contribution in [3.63, 3.8) is 0 Å². The number of methoxy groups -OCH3 is 1. The first kappa shape index (κ1) is 26.0. The van der Waals surface area contributed by atoms with Crippen molar-refractivity contribution in [1.82, 2.24) is 15.2 Å². The van der Waals surface area contributed by atoms with Gasteiger partial charge in [-0.2, -0.15) is 0 Å². The first-order valence-corrected chi connectivity index (χ1v) is 14.9. The quantitative estimate of drug-likeness (QED) is 0.432. The molecule has 39 heavy (non-hydrogen) atoms. The molecule has 1 saturated heterocycles. The average molecular weight is 545 g/mol. The number of nitrogens with zero attached hydrogens (tertiary/aromatic N) is 2. The van der Waals surface area contributed by atoms with E-state index in [2.05, 4.69) is 38.7 Å². The van der Waals surface area contributed by atoms with Gasteiger partial charge in [-0.05, 0) is 49.9 Å². The lowest BCUT2D eigenvalue weighted by atomic mass is 9.81. The Morgan fingerprint density at radius 3 is 2.67 bits per heavy atom. The average Bonchev–Trinajstić information content (AvgIpc) is 3.60. The lowest BCUT2D eigenvalue weighted by Crippen LogP contribution is -2.50. The Morgan fingerprint density at radius 1 is 1.10 bits per heavy atom. The van der Waals surface area contributed by atoms with Gasteiger partial charge in [-0.1, -0.05) is 43.2 Å². The summed E-state index contributed by atoms with van der Waals surface area (Å²) >= 11 is 1.62. The Bertz CT molecular complexity index is 1340. The molecular formula is C31H36N4O3S. The van der Waals surface area contributed by atoms with Crippen LogP contribution in [-0.2, 0) is 9.53 Å². The molecule has 204 valence electrons. The molecule has 2 N–H and O–H groups in total. The molecule has 3 heterocycles. The SMILES string of the molecule is COC[C@@H]1Nc2ccccc2[C@H]2[C@H]1CCN2C(=O)[C@H]1CCCC[C@H]1NC(=O)c1ccc(-c2csc(C)n2)cc1. The van der Waals surface area contributed by atoms with Crippen molar-refractivity contribution in [3.8, 4) is 11.3 Å². The number of ether oxygens (including phenoxy) is 1. The molecule has 2 aliphatic heterocycles. The highest BCUT2D eigenvalue weighted by Crippen LogP contribution is 2.47. The number of hydrogen-bond donors (Lipinski definition) is 2. The zero-order chi connectivity index (χ0) is 26.9. The second-order valence-electron chi connectivity index (χ2n) is 11.0. The van der Waals surface area contributed by atoms with Crippen molar-refractivity contribution < 1.29 is 14.3 Å². The summed E-state index contributed by atoms with van der Waals surface area (Å²) in [6.45, 7) is 3.33. The fourth-order valence-corrected chi connectivity index (χ4v) is 7.40. The minimum atomic E-state index is -0.207. The summed E-state index contributed by atoms with van der Waals surface area (Å²) in [6, 6.07) is 16.0. The van der Waals surface area contributed by atoms with Crippen LogP contribution in [0.1, 0.15) is 59.1 Å². The predicted octanol–water partition coefficient (Wildman–Crippen LogP) is 5.44. The minimum Gasteiger partial charge on any atom is -0.383 e. The van der Waals surface area contributed by atoms with Crippen LogP contribution in [0, 0.1) is 18.8 Å². The molecule has 2 amide bonds. The summed E-state index contributed by atoms with van der Waals surface area (Å²) in [5.74, 6) is 0.157. The molecule has 3 aliphatic rings. The van der Waals surface area contributed by atoms with Gasteiger partial charge >= 0.3 is 0 Å².